The standard InChI is InChI=1S/C28H22Cl3N7O/c1-37-16-32-15-24(37)28(33-11-12-39,18-5-8-20(29)9-6-18)19-7-10-23-22(14-19)25(17-3-2-4-21(30)13-17)26(31)27-34-35-36-38(23)27/h2-10,13-16,33,39H,11-12H2,1H3. The molecule has 1 unspecified atom stereocenters. The van der Waals surface area contributed by atoms with Gasteiger partial charge in [-0.05, 0) is 63.5 Å². The van der Waals surface area contributed by atoms with Crippen molar-refractivity contribution in [3.63, 3.8) is 0 Å². The van der Waals surface area contributed by atoms with Crippen LogP contribution < -0.4 is 5.32 Å². The Morgan fingerprint density at radius 2 is 1.74 bits per heavy atom. The molecule has 0 spiro atoms. The molecule has 1 atom stereocenters. The molecule has 39 heavy (non-hydrogen) atoms. The minimum atomic E-state index is -0.902. The van der Waals surface area contributed by atoms with Crippen molar-refractivity contribution in [3.05, 3.63) is 111 Å². The highest BCUT2D eigenvalue weighted by atomic mass is 35.5. The number of pyridine rings is 1. The summed E-state index contributed by atoms with van der Waals surface area (Å²) in [5, 5.41) is 28.2. The maximum Gasteiger partial charge on any atom is 0.199 e. The third-order valence-electron chi connectivity index (χ3n) is 6.91. The normalized spacial score (nSPS) is 13.3. The lowest BCUT2D eigenvalue weighted by Crippen LogP contribution is -2.47. The molecule has 0 aliphatic carbocycles. The number of fused-ring (bicyclic) bond motifs is 3. The Balaban J connectivity index is 1.73. The highest BCUT2D eigenvalue weighted by Gasteiger charge is 2.39. The minimum absolute atomic E-state index is 0.0639. The van der Waals surface area contributed by atoms with E-state index in [1.165, 1.54) is 0 Å². The lowest BCUT2D eigenvalue weighted by Gasteiger charge is -2.37. The first-order valence-corrected chi connectivity index (χ1v) is 13.3. The molecule has 3 aromatic carbocycles. The summed E-state index contributed by atoms with van der Waals surface area (Å²) in [6.45, 7) is 0.255. The molecule has 0 radical (unpaired) electrons. The van der Waals surface area contributed by atoms with Gasteiger partial charge in [-0.1, -0.05) is 65.1 Å². The highest BCUT2D eigenvalue weighted by Crippen LogP contribution is 2.42. The Labute approximate surface area is 238 Å². The largest absolute Gasteiger partial charge is 0.395 e. The van der Waals surface area contributed by atoms with E-state index in [0.29, 0.717) is 27.3 Å². The van der Waals surface area contributed by atoms with Gasteiger partial charge in [0.2, 0.25) is 0 Å². The van der Waals surface area contributed by atoms with Gasteiger partial charge < -0.3 is 9.67 Å². The Hall–Kier alpha value is -3.53. The number of imidazole rings is 1. The predicted molar refractivity (Wildman–Crippen MR) is 153 cm³/mol. The second kappa shape index (κ2) is 10.2. The number of nitrogens with zero attached hydrogens (tertiary/aromatic N) is 6. The SMILES string of the molecule is Cn1cncc1C(NCCO)(c1ccc(Cl)cc1)c1ccc2c(c1)c(-c1cccc(Cl)c1)c(Cl)c1nnnn12. The van der Waals surface area contributed by atoms with E-state index in [4.69, 9.17) is 34.8 Å². The van der Waals surface area contributed by atoms with Crippen molar-refractivity contribution < 1.29 is 5.11 Å². The van der Waals surface area contributed by atoms with Gasteiger partial charge in [-0.25, -0.2) is 4.98 Å². The Morgan fingerprint density at radius 3 is 2.46 bits per heavy atom. The number of hydrogen-bond donors (Lipinski definition) is 2. The molecular formula is C28H22Cl3N7O. The van der Waals surface area contributed by atoms with Crippen LogP contribution in [0, 0.1) is 0 Å². The molecule has 3 aromatic heterocycles. The van der Waals surface area contributed by atoms with Gasteiger partial charge in [-0.2, -0.15) is 4.52 Å². The lowest BCUT2D eigenvalue weighted by molar-refractivity contribution is 0.275. The summed E-state index contributed by atoms with van der Waals surface area (Å²) in [4.78, 5) is 4.42. The molecule has 0 saturated carbocycles. The van der Waals surface area contributed by atoms with E-state index < -0.39 is 5.54 Å². The van der Waals surface area contributed by atoms with Gasteiger partial charge in [0.25, 0.3) is 0 Å². The zero-order valence-corrected chi connectivity index (χ0v) is 23.0. The number of aliphatic hydroxyl groups is 1. The summed E-state index contributed by atoms with van der Waals surface area (Å²) in [5.74, 6) is 0. The maximum absolute atomic E-state index is 9.89. The number of nitrogens with one attached hydrogen (secondary N) is 1. The van der Waals surface area contributed by atoms with Crippen LogP contribution in [-0.4, -0.2) is 47.9 Å². The molecule has 6 rings (SSSR count). The van der Waals surface area contributed by atoms with E-state index in [2.05, 4.69) is 31.9 Å². The van der Waals surface area contributed by atoms with E-state index in [1.807, 2.05) is 78.5 Å². The molecule has 6 aromatic rings. The third-order valence-corrected chi connectivity index (χ3v) is 7.75. The van der Waals surface area contributed by atoms with Gasteiger partial charge in [0.15, 0.2) is 5.65 Å². The fourth-order valence-electron chi connectivity index (χ4n) is 5.22. The average molecular weight is 579 g/mol. The first kappa shape index (κ1) is 25.7. The van der Waals surface area contributed by atoms with Crippen molar-refractivity contribution in [2.45, 2.75) is 5.54 Å². The van der Waals surface area contributed by atoms with Gasteiger partial charge in [0.1, 0.15) is 5.54 Å². The van der Waals surface area contributed by atoms with Crippen LogP contribution >= 0.6 is 34.8 Å². The van der Waals surface area contributed by atoms with Gasteiger partial charge in [0.05, 0.1) is 35.4 Å². The van der Waals surface area contributed by atoms with Crippen molar-refractivity contribution in [1.29, 1.82) is 0 Å². The van der Waals surface area contributed by atoms with Crippen LogP contribution in [-0.2, 0) is 12.6 Å². The summed E-state index contributed by atoms with van der Waals surface area (Å²) in [5.41, 5.74) is 4.59. The summed E-state index contributed by atoms with van der Waals surface area (Å²) in [6.07, 6.45) is 3.57. The summed E-state index contributed by atoms with van der Waals surface area (Å²) < 4.78 is 3.59. The quantitative estimate of drug-likeness (QED) is 0.259. The average Bonchev–Trinajstić information content (AvgIpc) is 3.60. The van der Waals surface area contributed by atoms with Gasteiger partial charge in [-0.3, -0.25) is 5.32 Å². The molecule has 8 nitrogen and oxygen atoms in total. The van der Waals surface area contributed by atoms with Crippen molar-refractivity contribution in [2.75, 3.05) is 13.2 Å². The van der Waals surface area contributed by atoms with Crippen LogP contribution in [0.4, 0.5) is 0 Å². The van der Waals surface area contributed by atoms with E-state index in [-0.39, 0.29) is 6.61 Å². The number of aryl methyl sites for hydroxylation is 1. The molecule has 11 heteroatoms. The number of aromatic nitrogens is 6. The molecule has 0 saturated heterocycles. The Morgan fingerprint density at radius 1 is 0.949 bits per heavy atom. The second-order valence-electron chi connectivity index (χ2n) is 9.14. The number of aliphatic hydroxyl groups excluding tert-OH is 1. The topological polar surface area (TPSA) is 93.2 Å². The Bertz CT molecular complexity index is 1820. The monoisotopic (exact) mass is 577 g/mol. The number of benzene rings is 3. The summed E-state index contributed by atoms with van der Waals surface area (Å²) in [7, 11) is 1.94. The van der Waals surface area contributed by atoms with Crippen LogP contribution in [0.5, 0.6) is 0 Å². The van der Waals surface area contributed by atoms with E-state index in [0.717, 1.165) is 38.9 Å². The highest BCUT2D eigenvalue weighted by molar-refractivity contribution is 6.38. The molecule has 0 fully saturated rings. The molecular weight excluding hydrogens is 557 g/mol. The third kappa shape index (κ3) is 4.25. The molecule has 0 amide bonds. The predicted octanol–water partition coefficient (Wildman–Crippen LogP) is 5.51. The van der Waals surface area contributed by atoms with Crippen molar-refractivity contribution in [2.24, 2.45) is 7.05 Å². The second-order valence-corrected chi connectivity index (χ2v) is 10.4. The van der Waals surface area contributed by atoms with Gasteiger partial charge >= 0.3 is 0 Å². The number of hydrogen-bond acceptors (Lipinski definition) is 6. The van der Waals surface area contributed by atoms with Crippen LogP contribution in [0.15, 0.2) is 79.3 Å². The number of rotatable bonds is 7. The zero-order valence-electron chi connectivity index (χ0n) is 20.7. The van der Waals surface area contributed by atoms with Crippen LogP contribution in [0.1, 0.15) is 16.8 Å². The molecule has 0 aliphatic rings. The van der Waals surface area contributed by atoms with E-state index in [9.17, 15) is 5.11 Å². The molecule has 2 N–H and O–H groups in total. The van der Waals surface area contributed by atoms with Crippen LogP contribution in [0.3, 0.4) is 0 Å². The smallest absolute Gasteiger partial charge is 0.199 e. The summed E-state index contributed by atoms with van der Waals surface area (Å²) >= 11 is 19.7. The van der Waals surface area contributed by atoms with E-state index >= 15 is 0 Å². The fraction of sp³-hybridized carbons (Fsp3) is 0.143. The van der Waals surface area contributed by atoms with Crippen molar-refractivity contribution in [1.82, 2.24) is 34.9 Å². The molecule has 0 bridgehead atoms. The maximum atomic E-state index is 9.89. The van der Waals surface area contributed by atoms with Crippen molar-refractivity contribution in [3.8, 4) is 11.1 Å². The number of halogens is 3. The fourth-order valence-corrected chi connectivity index (χ4v) is 5.86. The first-order chi connectivity index (χ1) is 18.9. The number of tetrazole rings is 1. The van der Waals surface area contributed by atoms with Crippen LogP contribution in [0.25, 0.3) is 27.7 Å². The molecule has 0 aliphatic heterocycles. The molecule has 196 valence electrons. The van der Waals surface area contributed by atoms with Crippen LogP contribution in [0.2, 0.25) is 15.1 Å². The van der Waals surface area contributed by atoms with Gasteiger partial charge in [-0.15, -0.1) is 5.10 Å². The van der Waals surface area contributed by atoms with E-state index in [1.54, 1.807) is 10.8 Å². The summed E-state index contributed by atoms with van der Waals surface area (Å²) in [6, 6.07) is 21.2. The molecule has 3 heterocycles. The first-order valence-electron chi connectivity index (χ1n) is 12.1. The Kier molecular flexibility index (Phi) is 6.74. The van der Waals surface area contributed by atoms with Gasteiger partial charge in [0, 0.05) is 34.6 Å². The lowest BCUT2D eigenvalue weighted by atomic mass is 9.79. The van der Waals surface area contributed by atoms with Crippen molar-refractivity contribution >= 4 is 51.4 Å². The zero-order chi connectivity index (χ0) is 27.1. The minimum Gasteiger partial charge on any atom is -0.395 e.